The van der Waals surface area contributed by atoms with Gasteiger partial charge in [0, 0.05) is 7.05 Å². The maximum Gasteiger partial charge on any atom is 0.317 e. The smallest absolute Gasteiger partial charge is 0.317 e. The lowest BCUT2D eigenvalue weighted by Crippen LogP contribution is -2.51. The number of thioether (sulfide) groups is 1. The summed E-state index contributed by atoms with van der Waals surface area (Å²) in [4.78, 5) is 27.5. The summed E-state index contributed by atoms with van der Waals surface area (Å²) in [6.45, 7) is 0. The number of hydrogen-bond donors (Lipinski definition) is 0. The summed E-state index contributed by atoms with van der Waals surface area (Å²) in [6.07, 6.45) is 8.55. The average Bonchev–Trinajstić information content (AvgIpc) is 2.94. The molecule has 6 rings (SSSR count). The van der Waals surface area contributed by atoms with Gasteiger partial charge in [0.1, 0.15) is 4.32 Å². The molecule has 1 aromatic rings. The Hall–Kier alpha value is -1.86. The van der Waals surface area contributed by atoms with Gasteiger partial charge in [0.15, 0.2) is 11.5 Å². The predicted molar refractivity (Wildman–Crippen MR) is 120 cm³/mol. The fourth-order valence-electron chi connectivity index (χ4n) is 6.12. The molecule has 1 aliphatic heterocycles. The number of esters is 1. The predicted octanol–water partition coefficient (Wildman–Crippen LogP) is 4.65. The van der Waals surface area contributed by atoms with Crippen LogP contribution >= 0.6 is 24.0 Å². The minimum atomic E-state index is -0.312. The Labute approximate surface area is 186 Å². The van der Waals surface area contributed by atoms with Gasteiger partial charge in [-0.1, -0.05) is 30.0 Å². The van der Waals surface area contributed by atoms with Gasteiger partial charge in [-0.25, -0.2) is 0 Å². The minimum Gasteiger partial charge on any atom is -0.493 e. The number of likely N-dealkylation sites (N-methyl/N-ethyl adjacent to an activating group) is 1. The van der Waals surface area contributed by atoms with Gasteiger partial charge in [-0.05, 0) is 80.1 Å². The molecule has 30 heavy (non-hydrogen) atoms. The SMILES string of the molecule is COc1cc(C=C2SC(=S)N(C)C2=O)ccc1OC(=O)C12CC3CC(CC(C3)C1)C2. The Morgan fingerprint density at radius 3 is 2.33 bits per heavy atom. The third-order valence-corrected chi connectivity index (χ3v) is 8.63. The molecule has 4 bridgehead atoms. The van der Waals surface area contributed by atoms with E-state index in [-0.39, 0.29) is 17.3 Å². The van der Waals surface area contributed by atoms with E-state index in [2.05, 4.69) is 0 Å². The number of ether oxygens (including phenoxy) is 2. The number of nitrogens with zero attached hydrogens (tertiary/aromatic N) is 1. The normalized spacial score (nSPS) is 33.5. The van der Waals surface area contributed by atoms with Crippen LogP contribution in [-0.2, 0) is 9.59 Å². The van der Waals surface area contributed by atoms with Crippen molar-refractivity contribution >= 4 is 46.3 Å². The molecule has 0 radical (unpaired) electrons. The summed E-state index contributed by atoms with van der Waals surface area (Å²) in [7, 11) is 3.23. The van der Waals surface area contributed by atoms with Crippen molar-refractivity contribution < 1.29 is 19.1 Å². The lowest BCUT2D eigenvalue weighted by Gasteiger charge is -2.55. The van der Waals surface area contributed by atoms with Crippen molar-refractivity contribution in [1.82, 2.24) is 4.90 Å². The molecule has 1 amide bonds. The van der Waals surface area contributed by atoms with Crippen LogP contribution in [0, 0.1) is 23.2 Å². The Balaban J connectivity index is 1.36. The average molecular weight is 444 g/mol. The molecule has 1 saturated heterocycles. The second kappa shape index (κ2) is 7.38. The van der Waals surface area contributed by atoms with Gasteiger partial charge < -0.3 is 9.47 Å². The van der Waals surface area contributed by atoms with Crippen molar-refractivity contribution in [3.05, 3.63) is 28.7 Å². The minimum absolute atomic E-state index is 0.0977. The Morgan fingerprint density at radius 2 is 1.80 bits per heavy atom. The van der Waals surface area contributed by atoms with Crippen molar-refractivity contribution in [1.29, 1.82) is 0 Å². The van der Waals surface area contributed by atoms with Crippen LogP contribution in [0.2, 0.25) is 0 Å². The molecule has 158 valence electrons. The van der Waals surface area contributed by atoms with Crippen molar-refractivity contribution in [2.75, 3.05) is 14.2 Å². The van der Waals surface area contributed by atoms with Crippen molar-refractivity contribution in [3.8, 4) is 11.5 Å². The molecule has 4 aliphatic carbocycles. The van der Waals surface area contributed by atoms with Crippen LogP contribution in [0.4, 0.5) is 0 Å². The first-order chi connectivity index (χ1) is 14.4. The maximum absolute atomic E-state index is 13.3. The fraction of sp³-hybridized carbons (Fsp3) is 0.522. The second-order valence-electron chi connectivity index (χ2n) is 9.24. The topological polar surface area (TPSA) is 55.8 Å². The number of carbonyl (C=O) groups is 2. The second-order valence-corrected chi connectivity index (χ2v) is 10.9. The monoisotopic (exact) mass is 443 g/mol. The largest absolute Gasteiger partial charge is 0.493 e. The Kier molecular flexibility index (Phi) is 4.93. The zero-order valence-corrected chi connectivity index (χ0v) is 18.8. The van der Waals surface area contributed by atoms with Gasteiger partial charge in [0.2, 0.25) is 0 Å². The maximum atomic E-state index is 13.3. The van der Waals surface area contributed by atoms with Crippen LogP contribution in [0.25, 0.3) is 6.08 Å². The fourth-order valence-corrected chi connectivity index (χ4v) is 7.30. The van der Waals surface area contributed by atoms with E-state index >= 15 is 0 Å². The third-order valence-electron chi connectivity index (χ3n) is 7.15. The summed E-state index contributed by atoms with van der Waals surface area (Å²) in [5, 5.41) is 0. The van der Waals surface area contributed by atoms with Crippen LogP contribution in [-0.4, -0.2) is 35.3 Å². The molecular formula is C23H25NO4S2. The first-order valence-electron chi connectivity index (χ1n) is 10.5. The first-order valence-corrected chi connectivity index (χ1v) is 11.7. The molecule has 1 aromatic carbocycles. The summed E-state index contributed by atoms with van der Waals surface area (Å²) < 4.78 is 12.0. The van der Waals surface area contributed by atoms with Gasteiger partial charge in [-0.3, -0.25) is 14.5 Å². The Morgan fingerprint density at radius 1 is 1.17 bits per heavy atom. The van der Waals surface area contributed by atoms with Crippen molar-refractivity contribution in [3.63, 3.8) is 0 Å². The molecule has 0 atom stereocenters. The molecule has 5 nitrogen and oxygen atoms in total. The van der Waals surface area contributed by atoms with E-state index in [0.717, 1.165) is 24.8 Å². The highest BCUT2D eigenvalue weighted by atomic mass is 32.2. The number of benzene rings is 1. The molecule has 0 unspecified atom stereocenters. The van der Waals surface area contributed by atoms with Gasteiger partial charge in [0.05, 0.1) is 17.4 Å². The molecule has 0 spiro atoms. The lowest BCUT2D eigenvalue weighted by molar-refractivity contribution is -0.161. The highest BCUT2D eigenvalue weighted by Crippen LogP contribution is 2.60. The van der Waals surface area contributed by atoms with Crippen molar-refractivity contribution in [2.45, 2.75) is 38.5 Å². The van der Waals surface area contributed by atoms with Gasteiger partial charge >= 0.3 is 5.97 Å². The number of rotatable bonds is 4. The van der Waals surface area contributed by atoms with Crippen LogP contribution in [0.1, 0.15) is 44.1 Å². The summed E-state index contributed by atoms with van der Waals surface area (Å²) in [5.41, 5.74) is 0.489. The van der Waals surface area contributed by atoms with Crippen LogP contribution < -0.4 is 9.47 Å². The Bertz CT molecular complexity index is 935. The molecule has 4 saturated carbocycles. The molecule has 0 N–H and O–H groups in total. The molecule has 5 fully saturated rings. The summed E-state index contributed by atoms with van der Waals surface area (Å²) in [6, 6.07) is 5.40. The molecule has 1 heterocycles. The van der Waals surface area contributed by atoms with E-state index in [1.54, 1.807) is 32.4 Å². The standard InChI is InChI=1S/C23H25NO4S2/c1-24-20(25)19(30-22(24)29)9-13-3-4-17(18(8-13)27-2)28-21(26)23-10-14-5-15(11-23)7-16(6-14)12-23/h3-4,8-9,14-16H,5-7,10-12H2,1-2H3. The van der Waals surface area contributed by atoms with E-state index in [0.29, 0.717) is 38.5 Å². The molecule has 5 aliphatic rings. The number of methoxy groups -OCH3 is 1. The number of carbonyl (C=O) groups excluding carboxylic acids is 2. The van der Waals surface area contributed by atoms with Crippen molar-refractivity contribution in [2.24, 2.45) is 23.2 Å². The van der Waals surface area contributed by atoms with Gasteiger partial charge in [0.25, 0.3) is 5.91 Å². The molecule has 0 aromatic heterocycles. The van der Waals surface area contributed by atoms with E-state index in [1.165, 1.54) is 35.9 Å². The lowest BCUT2D eigenvalue weighted by atomic mass is 9.49. The number of thiocarbonyl (C=S) groups is 1. The van der Waals surface area contributed by atoms with E-state index in [9.17, 15) is 9.59 Å². The summed E-state index contributed by atoms with van der Waals surface area (Å²) in [5.74, 6) is 2.79. The third kappa shape index (κ3) is 3.36. The number of hydrogen-bond acceptors (Lipinski definition) is 6. The van der Waals surface area contributed by atoms with E-state index in [1.807, 2.05) is 6.07 Å². The summed E-state index contributed by atoms with van der Waals surface area (Å²) >= 11 is 6.46. The molecular weight excluding hydrogens is 418 g/mol. The quantitative estimate of drug-likeness (QED) is 0.292. The van der Waals surface area contributed by atoms with Crippen LogP contribution in [0.15, 0.2) is 23.1 Å². The van der Waals surface area contributed by atoms with E-state index < -0.39 is 0 Å². The highest BCUT2D eigenvalue weighted by molar-refractivity contribution is 8.26. The zero-order valence-electron chi connectivity index (χ0n) is 17.2. The zero-order chi connectivity index (χ0) is 21.0. The van der Waals surface area contributed by atoms with Crippen LogP contribution in [0.3, 0.4) is 0 Å². The first kappa shape index (κ1) is 20.1. The van der Waals surface area contributed by atoms with Gasteiger partial charge in [-0.15, -0.1) is 0 Å². The van der Waals surface area contributed by atoms with Crippen LogP contribution in [0.5, 0.6) is 11.5 Å². The van der Waals surface area contributed by atoms with Gasteiger partial charge in [-0.2, -0.15) is 0 Å². The highest BCUT2D eigenvalue weighted by Gasteiger charge is 2.55. The number of amides is 1. The van der Waals surface area contributed by atoms with E-state index in [4.69, 9.17) is 21.7 Å². The molecule has 7 heteroatoms.